The van der Waals surface area contributed by atoms with Crippen LogP contribution in [0.25, 0.3) is 16.7 Å². The number of amides is 2. The standard InChI is InChI=1S/C27H29N5O2/c28-17-9-11-19-20-12-10-18(29)15-22(20)23(21(19)14-17)16-27(34)31-13-5-1-2-8-26(33)32-25-7-4-3-6-24(25)30/h3-4,6-7,9-12,14-16H,1-2,5,8,13,28-30H2,(H,31,34)(H,32,33). The van der Waals surface area contributed by atoms with Gasteiger partial charge in [0.25, 0.3) is 0 Å². The lowest BCUT2D eigenvalue weighted by atomic mass is 10.0. The molecule has 3 aromatic carbocycles. The fourth-order valence-electron chi connectivity index (χ4n) is 4.14. The van der Waals surface area contributed by atoms with E-state index in [1.54, 1.807) is 18.2 Å². The molecule has 8 N–H and O–H groups in total. The van der Waals surface area contributed by atoms with Crippen LogP contribution in [0.15, 0.2) is 66.7 Å². The van der Waals surface area contributed by atoms with Gasteiger partial charge in [0.05, 0.1) is 11.4 Å². The highest BCUT2D eigenvalue weighted by molar-refractivity contribution is 6.09. The van der Waals surface area contributed by atoms with Gasteiger partial charge in [-0.05, 0) is 77.1 Å². The van der Waals surface area contributed by atoms with Gasteiger partial charge in [-0.1, -0.05) is 30.7 Å². The van der Waals surface area contributed by atoms with E-state index in [4.69, 9.17) is 17.2 Å². The van der Waals surface area contributed by atoms with Gasteiger partial charge >= 0.3 is 0 Å². The lowest BCUT2D eigenvalue weighted by Gasteiger charge is -2.08. The fourth-order valence-corrected chi connectivity index (χ4v) is 4.14. The molecule has 0 unspecified atom stereocenters. The van der Waals surface area contributed by atoms with Gasteiger partial charge in [-0.25, -0.2) is 0 Å². The minimum atomic E-state index is -0.170. The van der Waals surface area contributed by atoms with Gasteiger partial charge < -0.3 is 27.8 Å². The van der Waals surface area contributed by atoms with Crippen LogP contribution in [0, 0.1) is 0 Å². The van der Waals surface area contributed by atoms with Gasteiger partial charge in [-0.2, -0.15) is 0 Å². The lowest BCUT2D eigenvalue weighted by Crippen LogP contribution is -2.22. The van der Waals surface area contributed by atoms with Crippen molar-refractivity contribution in [2.45, 2.75) is 25.7 Å². The second-order valence-corrected chi connectivity index (χ2v) is 8.41. The predicted octanol–water partition coefficient (Wildman–Crippen LogP) is 4.16. The Balaban J connectivity index is 1.28. The number of anilines is 4. The van der Waals surface area contributed by atoms with Crippen molar-refractivity contribution in [1.82, 2.24) is 5.32 Å². The Morgan fingerprint density at radius 2 is 1.41 bits per heavy atom. The van der Waals surface area contributed by atoms with Gasteiger partial charge in [0.2, 0.25) is 11.8 Å². The fraction of sp³-hybridized carbons (Fsp3) is 0.185. The van der Waals surface area contributed by atoms with Crippen molar-refractivity contribution in [3.8, 4) is 11.1 Å². The second-order valence-electron chi connectivity index (χ2n) is 8.41. The highest BCUT2D eigenvalue weighted by Gasteiger charge is 2.24. The molecule has 2 amide bonds. The molecular weight excluding hydrogens is 426 g/mol. The molecule has 3 aromatic rings. The number of benzene rings is 3. The first kappa shape index (κ1) is 22.9. The Labute approximate surface area is 199 Å². The van der Waals surface area contributed by atoms with Crippen LogP contribution in [-0.4, -0.2) is 18.4 Å². The number of unbranched alkanes of at least 4 members (excludes halogenated alkanes) is 2. The number of fused-ring (bicyclic) bond motifs is 3. The van der Waals surface area contributed by atoms with E-state index in [0.29, 0.717) is 35.7 Å². The van der Waals surface area contributed by atoms with Crippen LogP contribution in [0.2, 0.25) is 0 Å². The summed E-state index contributed by atoms with van der Waals surface area (Å²) in [7, 11) is 0. The largest absolute Gasteiger partial charge is 0.399 e. The van der Waals surface area contributed by atoms with Crippen LogP contribution in [-0.2, 0) is 9.59 Å². The highest BCUT2D eigenvalue weighted by atomic mass is 16.2. The third-order valence-electron chi connectivity index (χ3n) is 5.85. The summed E-state index contributed by atoms with van der Waals surface area (Å²) in [5, 5.41) is 5.77. The van der Waals surface area contributed by atoms with Crippen molar-refractivity contribution in [1.29, 1.82) is 0 Å². The van der Waals surface area contributed by atoms with Crippen LogP contribution in [0.3, 0.4) is 0 Å². The number of nitrogens with two attached hydrogens (primary N) is 3. The number of rotatable bonds is 8. The molecule has 0 aliphatic heterocycles. The Morgan fingerprint density at radius 3 is 2.06 bits per heavy atom. The van der Waals surface area contributed by atoms with Crippen molar-refractivity contribution < 1.29 is 9.59 Å². The van der Waals surface area contributed by atoms with E-state index in [2.05, 4.69) is 10.6 Å². The summed E-state index contributed by atoms with van der Waals surface area (Å²) in [5.41, 5.74) is 25.1. The van der Waals surface area contributed by atoms with Crippen LogP contribution in [0.5, 0.6) is 0 Å². The first-order valence-electron chi connectivity index (χ1n) is 11.4. The lowest BCUT2D eigenvalue weighted by molar-refractivity contribution is -0.117. The number of hydrogen-bond donors (Lipinski definition) is 5. The van der Waals surface area contributed by atoms with E-state index in [0.717, 1.165) is 47.1 Å². The molecule has 7 nitrogen and oxygen atoms in total. The molecule has 0 saturated carbocycles. The minimum absolute atomic E-state index is 0.0659. The maximum Gasteiger partial charge on any atom is 0.244 e. The third kappa shape index (κ3) is 5.20. The normalized spacial score (nSPS) is 11.5. The zero-order chi connectivity index (χ0) is 24.1. The minimum Gasteiger partial charge on any atom is -0.399 e. The van der Waals surface area contributed by atoms with Gasteiger partial charge in [0.15, 0.2) is 0 Å². The monoisotopic (exact) mass is 455 g/mol. The molecule has 0 fully saturated rings. The number of hydrogen-bond acceptors (Lipinski definition) is 5. The molecule has 1 aliphatic rings. The van der Waals surface area contributed by atoms with E-state index < -0.39 is 0 Å². The van der Waals surface area contributed by atoms with Crippen molar-refractivity contribution >= 4 is 40.1 Å². The topological polar surface area (TPSA) is 136 Å². The summed E-state index contributed by atoms with van der Waals surface area (Å²) in [5.74, 6) is -0.236. The zero-order valence-electron chi connectivity index (χ0n) is 18.9. The Morgan fingerprint density at radius 1 is 0.765 bits per heavy atom. The Bertz CT molecular complexity index is 1210. The average molecular weight is 456 g/mol. The van der Waals surface area contributed by atoms with E-state index in [9.17, 15) is 9.59 Å². The van der Waals surface area contributed by atoms with Crippen molar-refractivity contribution in [3.05, 3.63) is 77.9 Å². The molecule has 0 saturated heterocycles. The molecule has 0 radical (unpaired) electrons. The van der Waals surface area contributed by atoms with E-state index in [1.807, 2.05) is 48.5 Å². The first-order valence-corrected chi connectivity index (χ1v) is 11.4. The van der Waals surface area contributed by atoms with Gasteiger partial charge in [-0.3, -0.25) is 9.59 Å². The number of nitrogens with one attached hydrogen (secondary N) is 2. The van der Waals surface area contributed by atoms with Crippen LogP contribution in [0.1, 0.15) is 36.8 Å². The van der Waals surface area contributed by atoms with Gasteiger partial charge in [-0.15, -0.1) is 0 Å². The Kier molecular flexibility index (Phi) is 6.82. The van der Waals surface area contributed by atoms with E-state index in [-0.39, 0.29) is 11.8 Å². The predicted molar refractivity (Wildman–Crippen MR) is 139 cm³/mol. The van der Waals surface area contributed by atoms with Gasteiger partial charge in [0.1, 0.15) is 0 Å². The maximum atomic E-state index is 12.6. The third-order valence-corrected chi connectivity index (χ3v) is 5.85. The molecule has 0 spiro atoms. The number of carbonyl (C=O) groups is 2. The second kappa shape index (κ2) is 10.1. The van der Waals surface area contributed by atoms with E-state index >= 15 is 0 Å². The zero-order valence-corrected chi connectivity index (χ0v) is 18.9. The van der Waals surface area contributed by atoms with Gasteiger partial charge in [0, 0.05) is 30.4 Å². The molecule has 0 heterocycles. The average Bonchev–Trinajstić information content (AvgIpc) is 3.09. The number of carbonyl (C=O) groups excluding carboxylic acids is 2. The molecule has 174 valence electrons. The molecule has 0 atom stereocenters. The smallest absolute Gasteiger partial charge is 0.244 e. The maximum absolute atomic E-state index is 12.6. The van der Waals surface area contributed by atoms with Crippen molar-refractivity contribution in [2.24, 2.45) is 0 Å². The van der Waals surface area contributed by atoms with Crippen LogP contribution in [0.4, 0.5) is 22.7 Å². The molecule has 0 aromatic heterocycles. The molecule has 1 aliphatic carbocycles. The summed E-state index contributed by atoms with van der Waals surface area (Å²) in [6.07, 6.45) is 4.36. The molecule has 34 heavy (non-hydrogen) atoms. The summed E-state index contributed by atoms with van der Waals surface area (Å²) >= 11 is 0. The summed E-state index contributed by atoms with van der Waals surface area (Å²) in [4.78, 5) is 24.7. The van der Waals surface area contributed by atoms with Crippen LogP contribution >= 0.6 is 0 Å². The van der Waals surface area contributed by atoms with Crippen molar-refractivity contribution in [2.75, 3.05) is 29.1 Å². The van der Waals surface area contributed by atoms with Crippen molar-refractivity contribution in [3.63, 3.8) is 0 Å². The SMILES string of the molecule is Nc1ccc2c(c1)C(=CC(=O)NCCCCCC(=O)Nc1ccccc1N)c1cc(N)ccc1-2. The molecule has 4 rings (SSSR count). The number of nitrogen functional groups attached to an aromatic ring is 3. The molecular formula is C27H29N5O2. The molecule has 0 bridgehead atoms. The first-order chi connectivity index (χ1) is 16.4. The number of para-hydroxylation sites is 2. The summed E-state index contributed by atoms with van der Waals surface area (Å²) in [6, 6.07) is 18.6. The Hall–Kier alpha value is -4.26. The molecule has 7 heteroatoms. The van der Waals surface area contributed by atoms with E-state index in [1.165, 1.54) is 0 Å². The summed E-state index contributed by atoms with van der Waals surface area (Å²) in [6.45, 7) is 0.531. The van der Waals surface area contributed by atoms with Crippen LogP contribution < -0.4 is 27.8 Å². The quantitative estimate of drug-likeness (QED) is 0.154. The summed E-state index contributed by atoms with van der Waals surface area (Å²) < 4.78 is 0. The highest BCUT2D eigenvalue weighted by Crippen LogP contribution is 2.45.